The lowest BCUT2D eigenvalue weighted by Gasteiger charge is -2.35. The summed E-state index contributed by atoms with van der Waals surface area (Å²) in [4.78, 5) is 15.2. The number of likely N-dealkylation sites (tertiary alicyclic amines) is 1. The van der Waals surface area contributed by atoms with Gasteiger partial charge in [0.2, 0.25) is 0 Å². The molecule has 1 aliphatic heterocycles. The molecule has 3 rings (SSSR count). The van der Waals surface area contributed by atoms with Gasteiger partial charge in [0.25, 0.3) is 5.91 Å². The fraction of sp³-hybridized carbons (Fsp3) is 0.409. The summed E-state index contributed by atoms with van der Waals surface area (Å²) in [5.41, 5.74) is 1.72. The van der Waals surface area contributed by atoms with Gasteiger partial charge in [0.05, 0.1) is 25.8 Å². The normalized spacial score (nSPS) is 15.8. The van der Waals surface area contributed by atoms with Crippen molar-refractivity contribution in [1.82, 2.24) is 10.2 Å². The number of benzene rings is 2. The van der Waals surface area contributed by atoms with Crippen LogP contribution < -0.4 is 14.8 Å². The van der Waals surface area contributed by atoms with Gasteiger partial charge in [-0.2, -0.15) is 0 Å². The van der Waals surface area contributed by atoms with Gasteiger partial charge < -0.3 is 14.8 Å². The van der Waals surface area contributed by atoms with Crippen LogP contribution in [0.4, 0.5) is 0 Å². The second kappa shape index (κ2) is 9.42. The third-order valence-corrected chi connectivity index (χ3v) is 5.12. The van der Waals surface area contributed by atoms with E-state index in [9.17, 15) is 4.79 Å². The highest BCUT2D eigenvalue weighted by atomic mass is 16.5. The van der Waals surface area contributed by atoms with Crippen LogP contribution in [0.15, 0.2) is 48.5 Å². The molecule has 5 nitrogen and oxygen atoms in total. The number of amides is 1. The molecule has 1 atom stereocenters. The maximum absolute atomic E-state index is 12.7. The Morgan fingerprint density at radius 1 is 1.04 bits per heavy atom. The SMILES string of the molecule is COc1cccc(C(CNC(=O)c2ccccc2OC)N2CCCCC2)c1. The monoisotopic (exact) mass is 368 g/mol. The number of carbonyl (C=O) groups excluding carboxylic acids is 1. The second-order valence-corrected chi connectivity index (χ2v) is 6.80. The average molecular weight is 368 g/mol. The van der Waals surface area contributed by atoms with Crippen LogP contribution in [0.2, 0.25) is 0 Å². The molecular formula is C22H28N2O3. The van der Waals surface area contributed by atoms with Crippen LogP contribution >= 0.6 is 0 Å². The maximum atomic E-state index is 12.7. The van der Waals surface area contributed by atoms with Gasteiger partial charge in [-0.1, -0.05) is 30.7 Å². The van der Waals surface area contributed by atoms with Crippen molar-refractivity contribution in [1.29, 1.82) is 0 Å². The largest absolute Gasteiger partial charge is 0.497 e. The summed E-state index contributed by atoms with van der Waals surface area (Å²) in [5, 5.41) is 3.11. The van der Waals surface area contributed by atoms with Crippen molar-refractivity contribution < 1.29 is 14.3 Å². The van der Waals surface area contributed by atoms with Crippen LogP contribution in [0.5, 0.6) is 11.5 Å². The van der Waals surface area contributed by atoms with E-state index in [1.54, 1.807) is 26.4 Å². The van der Waals surface area contributed by atoms with E-state index in [1.807, 2.05) is 24.3 Å². The molecule has 1 amide bonds. The third kappa shape index (κ3) is 4.80. The van der Waals surface area contributed by atoms with Crippen molar-refractivity contribution in [3.05, 3.63) is 59.7 Å². The fourth-order valence-corrected chi connectivity index (χ4v) is 3.65. The Kier molecular flexibility index (Phi) is 6.71. The first-order valence-corrected chi connectivity index (χ1v) is 9.52. The highest BCUT2D eigenvalue weighted by Gasteiger charge is 2.24. The minimum Gasteiger partial charge on any atom is -0.497 e. The number of nitrogens with one attached hydrogen (secondary N) is 1. The number of ether oxygens (including phenoxy) is 2. The molecule has 0 aromatic heterocycles. The van der Waals surface area contributed by atoms with Gasteiger partial charge in [-0.15, -0.1) is 0 Å². The predicted molar refractivity (Wildman–Crippen MR) is 106 cm³/mol. The quantitative estimate of drug-likeness (QED) is 0.810. The lowest BCUT2D eigenvalue weighted by molar-refractivity contribution is 0.0921. The fourth-order valence-electron chi connectivity index (χ4n) is 3.65. The average Bonchev–Trinajstić information content (AvgIpc) is 2.74. The molecule has 1 saturated heterocycles. The number of hydrogen-bond donors (Lipinski definition) is 1. The zero-order valence-electron chi connectivity index (χ0n) is 16.1. The number of piperidine rings is 1. The van der Waals surface area contributed by atoms with E-state index in [-0.39, 0.29) is 11.9 Å². The Morgan fingerprint density at radius 2 is 1.81 bits per heavy atom. The topological polar surface area (TPSA) is 50.8 Å². The molecule has 2 aromatic carbocycles. The number of para-hydroxylation sites is 1. The van der Waals surface area contributed by atoms with Gasteiger partial charge in [0.15, 0.2) is 0 Å². The molecule has 1 heterocycles. The Labute approximate surface area is 161 Å². The Morgan fingerprint density at radius 3 is 2.56 bits per heavy atom. The van der Waals surface area contributed by atoms with E-state index in [4.69, 9.17) is 9.47 Å². The van der Waals surface area contributed by atoms with Gasteiger partial charge in [0, 0.05) is 6.54 Å². The summed E-state index contributed by atoms with van der Waals surface area (Å²) in [6, 6.07) is 15.6. The summed E-state index contributed by atoms with van der Waals surface area (Å²) < 4.78 is 10.7. The summed E-state index contributed by atoms with van der Waals surface area (Å²) in [6.07, 6.45) is 3.66. The van der Waals surface area contributed by atoms with E-state index in [0.29, 0.717) is 17.9 Å². The Hall–Kier alpha value is -2.53. The standard InChI is InChI=1S/C22H28N2O3/c1-26-18-10-8-9-17(15-18)20(24-13-6-3-7-14-24)16-23-22(25)19-11-4-5-12-21(19)27-2/h4-5,8-12,15,20H,3,6-7,13-14,16H2,1-2H3,(H,23,25). The Balaban J connectivity index is 1.77. The summed E-state index contributed by atoms with van der Waals surface area (Å²) >= 11 is 0. The molecule has 0 spiro atoms. The van der Waals surface area contributed by atoms with Crippen molar-refractivity contribution in [3.63, 3.8) is 0 Å². The third-order valence-electron chi connectivity index (χ3n) is 5.12. The summed E-state index contributed by atoms with van der Waals surface area (Å²) in [7, 11) is 3.26. The van der Waals surface area contributed by atoms with Crippen molar-refractivity contribution >= 4 is 5.91 Å². The number of methoxy groups -OCH3 is 2. The number of carbonyl (C=O) groups is 1. The van der Waals surface area contributed by atoms with Gasteiger partial charge in [-0.25, -0.2) is 0 Å². The van der Waals surface area contributed by atoms with E-state index in [2.05, 4.69) is 22.3 Å². The zero-order valence-corrected chi connectivity index (χ0v) is 16.1. The molecule has 0 bridgehead atoms. The number of nitrogens with zero attached hydrogens (tertiary/aromatic N) is 1. The van der Waals surface area contributed by atoms with E-state index >= 15 is 0 Å². The highest BCUT2D eigenvalue weighted by molar-refractivity contribution is 5.96. The van der Waals surface area contributed by atoms with Crippen molar-refractivity contribution in [2.24, 2.45) is 0 Å². The molecule has 0 radical (unpaired) electrons. The van der Waals surface area contributed by atoms with Gasteiger partial charge in [-0.3, -0.25) is 9.69 Å². The lowest BCUT2D eigenvalue weighted by atomic mass is 10.0. The molecule has 1 N–H and O–H groups in total. The number of hydrogen-bond acceptors (Lipinski definition) is 4. The first-order chi connectivity index (χ1) is 13.2. The summed E-state index contributed by atoms with van der Waals surface area (Å²) in [5.74, 6) is 1.31. The van der Waals surface area contributed by atoms with Crippen LogP contribution in [0.3, 0.4) is 0 Å². The molecule has 2 aromatic rings. The number of rotatable bonds is 7. The molecule has 0 saturated carbocycles. The maximum Gasteiger partial charge on any atom is 0.255 e. The van der Waals surface area contributed by atoms with Crippen LogP contribution in [-0.2, 0) is 0 Å². The second-order valence-electron chi connectivity index (χ2n) is 6.80. The van der Waals surface area contributed by atoms with Crippen molar-refractivity contribution in [2.45, 2.75) is 25.3 Å². The minimum absolute atomic E-state index is 0.114. The highest BCUT2D eigenvalue weighted by Crippen LogP contribution is 2.27. The van der Waals surface area contributed by atoms with Crippen molar-refractivity contribution in [3.8, 4) is 11.5 Å². The van der Waals surface area contributed by atoms with E-state index in [0.717, 1.165) is 24.4 Å². The predicted octanol–water partition coefficient (Wildman–Crippen LogP) is 3.66. The van der Waals surface area contributed by atoms with Gasteiger partial charge in [0.1, 0.15) is 11.5 Å². The van der Waals surface area contributed by atoms with Crippen LogP contribution in [0.25, 0.3) is 0 Å². The van der Waals surface area contributed by atoms with Crippen LogP contribution in [0, 0.1) is 0 Å². The molecule has 144 valence electrons. The first kappa shape index (κ1) is 19.2. The van der Waals surface area contributed by atoms with Gasteiger partial charge in [-0.05, 0) is 55.8 Å². The minimum atomic E-state index is -0.114. The van der Waals surface area contributed by atoms with Crippen molar-refractivity contribution in [2.75, 3.05) is 33.9 Å². The zero-order chi connectivity index (χ0) is 19.1. The van der Waals surface area contributed by atoms with E-state index in [1.165, 1.54) is 19.3 Å². The molecule has 27 heavy (non-hydrogen) atoms. The molecule has 1 unspecified atom stereocenters. The molecule has 1 aliphatic rings. The molecular weight excluding hydrogens is 340 g/mol. The Bertz CT molecular complexity index is 757. The summed E-state index contributed by atoms with van der Waals surface area (Å²) in [6.45, 7) is 2.64. The van der Waals surface area contributed by atoms with Crippen LogP contribution in [-0.4, -0.2) is 44.7 Å². The molecule has 5 heteroatoms. The first-order valence-electron chi connectivity index (χ1n) is 9.52. The lowest BCUT2D eigenvalue weighted by Crippen LogP contribution is -2.40. The molecule has 0 aliphatic carbocycles. The smallest absolute Gasteiger partial charge is 0.255 e. The molecule has 1 fully saturated rings. The van der Waals surface area contributed by atoms with Crippen LogP contribution in [0.1, 0.15) is 41.2 Å². The van der Waals surface area contributed by atoms with Gasteiger partial charge >= 0.3 is 0 Å². The van der Waals surface area contributed by atoms with E-state index < -0.39 is 0 Å².